The number of carbonyl (C=O) groups excluding carboxylic acids is 1. The van der Waals surface area contributed by atoms with Crippen molar-refractivity contribution in [3.63, 3.8) is 0 Å². The van der Waals surface area contributed by atoms with Gasteiger partial charge in [-0.1, -0.05) is 0 Å². The molecule has 1 amide bonds. The lowest BCUT2D eigenvalue weighted by atomic mass is 9.88. The van der Waals surface area contributed by atoms with E-state index >= 15 is 0 Å². The second kappa shape index (κ2) is 3.03. The predicted molar refractivity (Wildman–Crippen MR) is 41.4 cm³/mol. The number of hydrogen-bond donors (Lipinski definition) is 2. The summed E-state index contributed by atoms with van der Waals surface area (Å²) < 4.78 is 5.02. The molecule has 0 aromatic rings. The van der Waals surface area contributed by atoms with E-state index < -0.39 is 0 Å². The lowest BCUT2D eigenvalue weighted by Gasteiger charge is -2.29. The van der Waals surface area contributed by atoms with E-state index in [0.717, 1.165) is 6.42 Å². The summed E-state index contributed by atoms with van der Waals surface area (Å²) in [6, 6.07) is -0.0249. The molecule has 0 aromatic carbocycles. The molecule has 2 aliphatic rings. The van der Waals surface area contributed by atoms with Gasteiger partial charge < -0.3 is 15.2 Å². The molecular formula is C8H13NO3. The molecule has 2 unspecified atom stereocenters. The molecule has 4 nitrogen and oxygen atoms in total. The quantitative estimate of drug-likeness (QED) is 0.568. The van der Waals surface area contributed by atoms with Gasteiger partial charge in [0.25, 0.3) is 0 Å². The van der Waals surface area contributed by atoms with Gasteiger partial charge in [0.2, 0.25) is 5.91 Å². The fraction of sp³-hybridized carbons (Fsp3) is 0.875. The van der Waals surface area contributed by atoms with Gasteiger partial charge in [-0.15, -0.1) is 0 Å². The van der Waals surface area contributed by atoms with Crippen molar-refractivity contribution in [1.82, 2.24) is 5.32 Å². The molecule has 2 atom stereocenters. The number of hydrogen-bond acceptors (Lipinski definition) is 3. The van der Waals surface area contributed by atoms with E-state index in [-0.39, 0.29) is 24.5 Å². The van der Waals surface area contributed by atoms with E-state index in [1.54, 1.807) is 0 Å². The van der Waals surface area contributed by atoms with E-state index in [2.05, 4.69) is 5.32 Å². The average molecular weight is 171 g/mol. The molecule has 2 aliphatic heterocycles. The van der Waals surface area contributed by atoms with E-state index in [1.165, 1.54) is 0 Å². The minimum Gasteiger partial charge on any atom is -0.394 e. The molecule has 2 saturated heterocycles. The van der Waals surface area contributed by atoms with Crippen molar-refractivity contribution >= 4 is 5.91 Å². The maximum atomic E-state index is 11.3. The third-order valence-electron chi connectivity index (χ3n) is 2.67. The van der Waals surface area contributed by atoms with E-state index in [0.29, 0.717) is 19.1 Å². The summed E-state index contributed by atoms with van der Waals surface area (Å²) >= 11 is 0. The molecule has 0 spiro atoms. The highest BCUT2D eigenvalue weighted by Gasteiger charge is 2.40. The summed E-state index contributed by atoms with van der Waals surface area (Å²) in [6.45, 7) is 1.46. The van der Waals surface area contributed by atoms with Crippen LogP contribution in [0, 0.1) is 11.8 Å². The van der Waals surface area contributed by atoms with Crippen LogP contribution in [-0.4, -0.2) is 36.9 Å². The number of aliphatic hydroxyl groups is 1. The Balaban J connectivity index is 1.93. The molecule has 2 N–H and O–H groups in total. The highest BCUT2D eigenvalue weighted by Crippen LogP contribution is 2.28. The molecule has 0 radical (unpaired) electrons. The molecule has 68 valence electrons. The second-order valence-electron chi connectivity index (χ2n) is 3.53. The van der Waals surface area contributed by atoms with Crippen molar-refractivity contribution in [1.29, 1.82) is 0 Å². The van der Waals surface area contributed by atoms with Crippen LogP contribution in [0.25, 0.3) is 0 Å². The van der Waals surface area contributed by atoms with Gasteiger partial charge in [-0.25, -0.2) is 0 Å². The van der Waals surface area contributed by atoms with Crippen molar-refractivity contribution in [2.24, 2.45) is 11.8 Å². The zero-order valence-electron chi connectivity index (χ0n) is 6.82. The lowest BCUT2D eigenvalue weighted by Crippen LogP contribution is -2.38. The summed E-state index contributed by atoms with van der Waals surface area (Å²) in [5, 5.41) is 11.6. The Morgan fingerprint density at radius 2 is 2.33 bits per heavy atom. The van der Waals surface area contributed by atoms with Gasteiger partial charge in [-0.2, -0.15) is 0 Å². The molecule has 0 aliphatic carbocycles. The van der Waals surface area contributed by atoms with Crippen LogP contribution in [0.3, 0.4) is 0 Å². The lowest BCUT2D eigenvalue weighted by molar-refractivity contribution is -0.131. The topological polar surface area (TPSA) is 58.6 Å². The Labute approximate surface area is 70.9 Å². The summed E-state index contributed by atoms with van der Waals surface area (Å²) in [6.07, 6.45) is 0.767. The molecule has 0 aromatic heterocycles. The fourth-order valence-electron chi connectivity index (χ4n) is 1.79. The van der Waals surface area contributed by atoms with Gasteiger partial charge in [0.05, 0.1) is 25.9 Å². The molecule has 12 heavy (non-hydrogen) atoms. The van der Waals surface area contributed by atoms with Crippen molar-refractivity contribution in [2.75, 3.05) is 19.8 Å². The first kappa shape index (κ1) is 8.01. The van der Waals surface area contributed by atoms with Crippen LogP contribution in [0.1, 0.15) is 6.42 Å². The van der Waals surface area contributed by atoms with Crippen LogP contribution in [-0.2, 0) is 9.53 Å². The monoisotopic (exact) mass is 171 g/mol. The van der Waals surface area contributed by atoms with Crippen LogP contribution in [0.5, 0.6) is 0 Å². The summed E-state index contributed by atoms with van der Waals surface area (Å²) in [4.78, 5) is 11.3. The van der Waals surface area contributed by atoms with Crippen LogP contribution in [0.15, 0.2) is 0 Å². The third-order valence-corrected chi connectivity index (χ3v) is 2.67. The molecule has 0 bridgehead atoms. The third kappa shape index (κ3) is 1.21. The van der Waals surface area contributed by atoms with Crippen molar-refractivity contribution in [3.8, 4) is 0 Å². The maximum absolute atomic E-state index is 11.3. The standard InChI is InChI=1S/C8H13NO3/c10-2-6-1-7(8(11)9-6)5-3-12-4-5/h5-7,10H,1-4H2,(H,9,11). The average Bonchev–Trinajstić information content (AvgIpc) is 2.29. The minimum absolute atomic E-state index is 0.0249. The van der Waals surface area contributed by atoms with Gasteiger partial charge in [0.15, 0.2) is 0 Å². The SMILES string of the molecule is O=C1NC(CO)CC1C1COC1. The number of rotatable bonds is 2. The van der Waals surface area contributed by atoms with E-state index in [4.69, 9.17) is 9.84 Å². The first-order valence-electron chi connectivity index (χ1n) is 4.30. The molecular weight excluding hydrogens is 158 g/mol. The Morgan fingerprint density at radius 3 is 2.75 bits per heavy atom. The zero-order chi connectivity index (χ0) is 8.55. The summed E-state index contributed by atoms with van der Waals surface area (Å²) in [5.74, 6) is 0.555. The van der Waals surface area contributed by atoms with Gasteiger partial charge >= 0.3 is 0 Å². The minimum atomic E-state index is -0.0249. The summed E-state index contributed by atoms with van der Waals surface area (Å²) in [5.41, 5.74) is 0. The maximum Gasteiger partial charge on any atom is 0.223 e. The Kier molecular flexibility index (Phi) is 2.02. The normalized spacial score (nSPS) is 36.2. The van der Waals surface area contributed by atoms with Crippen molar-refractivity contribution in [3.05, 3.63) is 0 Å². The molecule has 2 heterocycles. The van der Waals surface area contributed by atoms with E-state index in [9.17, 15) is 4.79 Å². The van der Waals surface area contributed by atoms with Crippen LogP contribution in [0.4, 0.5) is 0 Å². The number of carbonyl (C=O) groups is 1. The van der Waals surface area contributed by atoms with Gasteiger partial charge in [-0.3, -0.25) is 4.79 Å². The number of amides is 1. The Bertz CT molecular complexity index is 191. The second-order valence-corrected chi connectivity index (χ2v) is 3.53. The van der Waals surface area contributed by atoms with Crippen molar-refractivity contribution < 1.29 is 14.6 Å². The number of nitrogens with one attached hydrogen (secondary N) is 1. The first-order valence-corrected chi connectivity index (χ1v) is 4.30. The Morgan fingerprint density at radius 1 is 1.58 bits per heavy atom. The number of ether oxygens (including phenoxy) is 1. The van der Waals surface area contributed by atoms with Gasteiger partial charge in [-0.05, 0) is 6.42 Å². The highest BCUT2D eigenvalue weighted by atomic mass is 16.5. The van der Waals surface area contributed by atoms with Gasteiger partial charge in [0, 0.05) is 11.8 Å². The largest absolute Gasteiger partial charge is 0.394 e. The Hall–Kier alpha value is -0.610. The molecule has 2 fully saturated rings. The molecule has 0 saturated carbocycles. The zero-order valence-corrected chi connectivity index (χ0v) is 6.82. The highest BCUT2D eigenvalue weighted by molar-refractivity contribution is 5.81. The van der Waals surface area contributed by atoms with Crippen LogP contribution < -0.4 is 5.32 Å². The van der Waals surface area contributed by atoms with E-state index in [1.807, 2.05) is 0 Å². The molecule has 4 heteroatoms. The smallest absolute Gasteiger partial charge is 0.223 e. The first-order chi connectivity index (χ1) is 5.81. The molecule has 2 rings (SSSR count). The fourth-order valence-corrected chi connectivity index (χ4v) is 1.79. The summed E-state index contributed by atoms with van der Waals surface area (Å²) in [7, 11) is 0. The predicted octanol–water partition coefficient (Wildman–Crippen LogP) is -0.870. The number of aliphatic hydroxyl groups excluding tert-OH is 1. The van der Waals surface area contributed by atoms with Crippen LogP contribution >= 0.6 is 0 Å². The van der Waals surface area contributed by atoms with Crippen molar-refractivity contribution in [2.45, 2.75) is 12.5 Å². The van der Waals surface area contributed by atoms with Gasteiger partial charge in [0.1, 0.15) is 0 Å². The van der Waals surface area contributed by atoms with Crippen LogP contribution in [0.2, 0.25) is 0 Å².